The highest BCUT2D eigenvalue weighted by Gasteiger charge is 2.30. The quantitative estimate of drug-likeness (QED) is 0.725. The van der Waals surface area contributed by atoms with E-state index in [0.717, 1.165) is 17.5 Å². The van der Waals surface area contributed by atoms with Crippen LogP contribution in [0.5, 0.6) is 5.75 Å². The molecule has 26 heavy (non-hydrogen) atoms. The molecule has 0 radical (unpaired) electrons. The first-order valence-electron chi connectivity index (χ1n) is 8.91. The summed E-state index contributed by atoms with van der Waals surface area (Å²) in [4.78, 5) is 11.9. The van der Waals surface area contributed by atoms with Crippen LogP contribution in [0.4, 0.5) is 4.39 Å². The van der Waals surface area contributed by atoms with Crippen molar-refractivity contribution >= 4 is 5.97 Å². The second kappa shape index (κ2) is 8.81. The Morgan fingerprint density at radius 2 is 2.04 bits per heavy atom. The fraction of sp³-hybridized carbons (Fsp3) is 0.381. The maximum absolute atomic E-state index is 14.1. The van der Waals surface area contributed by atoms with Crippen LogP contribution >= 0.6 is 0 Å². The zero-order valence-electron chi connectivity index (χ0n) is 14.8. The molecule has 4 nitrogen and oxygen atoms in total. The molecule has 0 amide bonds. The van der Waals surface area contributed by atoms with Gasteiger partial charge in [0.05, 0.1) is 6.61 Å². The molecule has 1 fully saturated rings. The molecule has 138 valence electrons. The fourth-order valence-corrected chi connectivity index (χ4v) is 3.14. The Morgan fingerprint density at radius 3 is 2.81 bits per heavy atom. The number of halogens is 1. The Bertz CT molecular complexity index is 732. The number of hydrogen-bond donors (Lipinski definition) is 0. The van der Waals surface area contributed by atoms with E-state index in [0.29, 0.717) is 32.0 Å². The molecule has 2 aromatic carbocycles. The van der Waals surface area contributed by atoms with Gasteiger partial charge in [0.1, 0.15) is 18.2 Å². The van der Waals surface area contributed by atoms with Crippen molar-refractivity contribution in [3.63, 3.8) is 0 Å². The van der Waals surface area contributed by atoms with Crippen molar-refractivity contribution in [1.82, 2.24) is 0 Å². The molecule has 2 unspecified atom stereocenters. The summed E-state index contributed by atoms with van der Waals surface area (Å²) < 4.78 is 30.4. The highest BCUT2D eigenvalue weighted by molar-refractivity contribution is 5.74. The van der Waals surface area contributed by atoms with Gasteiger partial charge in [0.15, 0.2) is 6.10 Å². The van der Waals surface area contributed by atoms with Gasteiger partial charge in [0, 0.05) is 12.7 Å². The van der Waals surface area contributed by atoms with Gasteiger partial charge < -0.3 is 14.2 Å². The predicted octanol–water partition coefficient (Wildman–Crippen LogP) is 4.23. The van der Waals surface area contributed by atoms with Crippen LogP contribution in [0.2, 0.25) is 0 Å². The van der Waals surface area contributed by atoms with Crippen molar-refractivity contribution in [2.45, 2.75) is 38.4 Å². The first-order valence-corrected chi connectivity index (χ1v) is 8.91. The highest BCUT2D eigenvalue weighted by atomic mass is 19.1. The summed E-state index contributed by atoms with van der Waals surface area (Å²) in [5, 5.41) is 0. The second-order valence-electron chi connectivity index (χ2n) is 6.33. The average molecular weight is 358 g/mol. The van der Waals surface area contributed by atoms with Gasteiger partial charge in [-0.2, -0.15) is 0 Å². The van der Waals surface area contributed by atoms with Gasteiger partial charge in [-0.05, 0) is 48.9 Å². The number of benzene rings is 2. The molecular weight excluding hydrogens is 335 g/mol. The number of hydrogen-bond acceptors (Lipinski definition) is 4. The number of ether oxygens (including phenoxy) is 3. The van der Waals surface area contributed by atoms with Crippen LogP contribution in [0.1, 0.15) is 36.8 Å². The highest BCUT2D eigenvalue weighted by Crippen LogP contribution is 2.33. The lowest BCUT2D eigenvalue weighted by Gasteiger charge is -2.28. The minimum absolute atomic E-state index is 0.0351. The maximum Gasteiger partial charge on any atom is 0.335 e. The summed E-state index contributed by atoms with van der Waals surface area (Å²) in [5.74, 6) is -0.171. The molecule has 2 aromatic rings. The number of esters is 1. The van der Waals surface area contributed by atoms with Crippen molar-refractivity contribution in [3.05, 3.63) is 65.5 Å². The standard InChI is InChI=1S/C21H23FO4/c1-2-24-21(23)20-12-16(8-9-25-20)17-10-18(22)13-19(11-17)26-14-15-6-4-3-5-7-15/h3-7,10-11,13,16,20H,2,8-9,12,14H2,1H3. The zero-order valence-corrected chi connectivity index (χ0v) is 14.8. The lowest BCUT2D eigenvalue weighted by Crippen LogP contribution is -2.33. The van der Waals surface area contributed by atoms with E-state index in [1.807, 2.05) is 36.4 Å². The summed E-state index contributed by atoms with van der Waals surface area (Å²) in [6, 6.07) is 14.5. The Kier molecular flexibility index (Phi) is 6.23. The molecule has 5 heteroatoms. The first-order chi connectivity index (χ1) is 12.7. The molecule has 0 spiro atoms. The van der Waals surface area contributed by atoms with Crippen molar-refractivity contribution in [1.29, 1.82) is 0 Å². The summed E-state index contributed by atoms with van der Waals surface area (Å²) >= 11 is 0. The molecule has 0 N–H and O–H groups in total. The van der Waals surface area contributed by atoms with Crippen LogP contribution in [0.15, 0.2) is 48.5 Å². The smallest absolute Gasteiger partial charge is 0.335 e. The van der Waals surface area contributed by atoms with Crippen LogP contribution in [-0.4, -0.2) is 25.3 Å². The number of carbonyl (C=O) groups is 1. The Balaban J connectivity index is 1.69. The SMILES string of the molecule is CCOC(=O)C1CC(c2cc(F)cc(OCc3ccccc3)c2)CCO1. The molecule has 1 heterocycles. The monoisotopic (exact) mass is 358 g/mol. The molecule has 0 aromatic heterocycles. The molecule has 1 saturated heterocycles. The minimum atomic E-state index is -0.592. The lowest BCUT2D eigenvalue weighted by molar-refractivity contribution is -0.160. The van der Waals surface area contributed by atoms with Crippen LogP contribution < -0.4 is 4.74 Å². The molecule has 0 saturated carbocycles. The van der Waals surface area contributed by atoms with E-state index in [-0.39, 0.29) is 17.7 Å². The normalized spacial score (nSPS) is 19.8. The number of rotatable bonds is 6. The van der Waals surface area contributed by atoms with E-state index in [4.69, 9.17) is 14.2 Å². The molecule has 1 aliphatic heterocycles. The van der Waals surface area contributed by atoms with E-state index in [2.05, 4.69) is 0 Å². The Hall–Kier alpha value is -2.40. The van der Waals surface area contributed by atoms with Gasteiger partial charge in [-0.1, -0.05) is 30.3 Å². The van der Waals surface area contributed by atoms with Crippen LogP contribution in [0, 0.1) is 5.82 Å². The van der Waals surface area contributed by atoms with E-state index < -0.39 is 6.10 Å². The van der Waals surface area contributed by atoms with Crippen molar-refractivity contribution in [2.75, 3.05) is 13.2 Å². The molecule has 0 bridgehead atoms. The van der Waals surface area contributed by atoms with Gasteiger partial charge in [-0.3, -0.25) is 0 Å². The summed E-state index contributed by atoms with van der Waals surface area (Å²) in [7, 11) is 0. The third-order valence-corrected chi connectivity index (χ3v) is 4.45. The van der Waals surface area contributed by atoms with E-state index >= 15 is 0 Å². The number of carbonyl (C=O) groups excluding carboxylic acids is 1. The average Bonchev–Trinajstić information content (AvgIpc) is 2.67. The minimum Gasteiger partial charge on any atom is -0.489 e. The molecule has 2 atom stereocenters. The van der Waals surface area contributed by atoms with Crippen molar-refractivity contribution < 1.29 is 23.4 Å². The van der Waals surface area contributed by atoms with Gasteiger partial charge in [0.2, 0.25) is 0 Å². The molecule has 3 rings (SSSR count). The van der Waals surface area contributed by atoms with Crippen LogP contribution in [0.25, 0.3) is 0 Å². The van der Waals surface area contributed by atoms with Crippen molar-refractivity contribution in [3.8, 4) is 5.75 Å². The fourth-order valence-electron chi connectivity index (χ4n) is 3.14. The maximum atomic E-state index is 14.1. The Morgan fingerprint density at radius 1 is 1.23 bits per heavy atom. The van der Waals surface area contributed by atoms with Crippen molar-refractivity contribution in [2.24, 2.45) is 0 Å². The topological polar surface area (TPSA) is 44.8 Å². The van der Waals surface area contributed by atoms with Gasteiger partial charge in [-0.25, -0.2) is 9.18 Å². The predicted molar refractivity (Wildman–Crippen MR) is 95.5 cm³/mol. The van der Waals surface area contributed by atoms with E-state index in [1.165, 1.54) is 12.1 Å². The van der Waals surface area contributed by atoms with E-state index in [9.17, 15) is 9.18 Å². The Labute approximate surface area is 152 Å². The zero-order chi connectivity index (χ0) is 18.4. The third kappa shape index (κ3) is 4.82. The van der Waals surface area contributed by atoms with Crippen LogP contribution in [-0.2, 0) is 20.9 Å². The van der Waals surface area contributed by atoms with Gasteiger partial charge in [-0.15, -0.1) is 0 Å². The molecular formula is C21H23FO4. The molecule has 1 aliphatic rings. The molecule has 0 aliphatic carbocycles. The summed E-state index contributed by atoms with van der Waals surface area (Å²) in [5.41, 5.74) is 1.84. The lowest BCUT2D eigenvalue weighted by atomic mass is 9.88. The third-order valence-electron chi connectivity index (χ3n) is 4.45. The van der Waals surface area contributed by atoms with Crippen LogP contribution in [0.3, 0.4) is 0 Å². The second-order valence-corrected chi connectivity index (χ2v) is 6.33. The van der Waals surface area contributed by atoms with E-state index in [1.54, 1.807) is 6.92 Å². The van der Waals surface area contributed by atoms with Gasteiger partial charge in [0.25, 0.3) is 0 Å². The first kappa shape index (κ1) is 18.4. The van der Waals surface area contributed by atoms with Gasteiger partial charge >= 0.3 is 5.97 Å². The summed E-state index contributed by atoms with van der Waals surface area (Å²) in [6.07, 6.45) is 0.628. The summed E-state index contributed by atoms with van der Waals surface area (Å²) in [6.45, 7) is 2.91. The largest absolute Gasteiger partial charge is 0.489 e.